The fraction of sp³-hybridized carbons (Fsp3) is 0.0909. The Bertz CT molecular complexity index is 2230. The number of aromatic nitrogens is 4. The second-order valence-corrected chi connectivity index (χ2v) is 13.1. The number of aliphatic hydroxyl groups excluding tert-OH is 4. The SMILES string of the molecule is O[C@@H]1c2nc(c(-c3ccccc3)c3ccc([nH]3)c(-c3ccccc3)c3nc(c(-c4ccccc4)c4ccc([nH]4)c2-c2ccccc2)[C@H](O)[C@@H]3O)[C@@H]1O. The van der Waals surface area contributed by atoms with Gasteiger partial charge in [0.2, 0.25) is 0 Å². The van der Waals surface area contributed by atoms with Crippen molar-refractivity contribution in [1.82, 2.24) is 19.9 Å². The largest absolute Gasteiger partial charge is 0.384 e. The van der Waals surface area contributed by atoms with Crippen LogP contribution in [0.1, 0.15) is 47.2 Å². The van der Waals surface area contributed by atoms with Crippen molar-refractivity contribution in [2.45, 2.75) is 24.4 Å². The minimum absolute atomic E-state index is 0.316. The third kappa shape index (κ3) is 5.25. The van der Waals surface area contributed by atoms with Gasteiger partial charge in [0.1, 0.15) is 24.4 Å². The highest BCUT2D eigenvalue weighted by atomic mass is 16.3. The lowest BCUT2D eigenvalue weighted by Gasteiger charge is -2.14. The van der Waals surface area contributed by atoms with E-state index in [0.717, 1.165) is 22.3 Å². The van der Waals surface area contributed by atoms with E-state index in [1.165, 1.54) is 0 Å². The van der Waals surface area contributed by atoms with Crippen LogP contribution in [0.25, 0.3) is 66.6 Å². The highest BCUT2D eigenvalue weighted by molar-refractivity contribution is 5.92. The molecule has 8 bridgehead atoms. The zero-order chi connectivity index (χ0) is 35.3. The van der Waals surface area contributed by atoms with Gasteiger partial charge < -0.3 is 30.4 Å². The number of hydrogen-bond acceptors (Lipinski definition) is 6. The van der Waals surface area contributed by atoms with E-state index in [9.17, 15) is 20.4 Å². The third-order valence-electron chi connectivity index (χ3n) is 9.92. The van der Waals surface area contributed by atoms with Gasteiger partial charge >= 0.3 is 0 Å². The zero-order valence-corrected chi connectivity index (χ0v) is 27.8. The second-order valence-electron chi connectivity index (χ2n) is 13.1. The maximum absolute atomic E-state index is 11.9. The summed E-state index contributed by atoms with van der Waals surface area (Å²) in [5, 5.41) is 47.4. The Hall–Kier alpha value is -6.16. The van der Waals surface area contributed by atoms with Crippen molar-refractivity contribution in [2.75, 3.05) is 0 Å². The lowest BCUT2D eigenvalue weighted by molar-refractivity contribution is 0.0259. The fourth-order valence-corrected chi connectivity index (χ4v) is 7.50. The molecule has 5 heterocycles. The van der Waals surface area contributed by atoms with Crippen molar-refractivity contribution < 1.29 is 20.4 Å². The smallest absolute Gasteiger partial charge is 0.128 e. The van der Waals surface area contributed by atoms with E-state index < -0.39 is 24.4 Å². The molecule has 0 saturated heterocycles. The van der Waals surface area contributed by atoms with Gasteiger partial charge in [-0.3, -0.25) is 9.97 Å². The molecule has 6 N–H and O–H groups in total. The molecule has 2 aliphatic rings. The van der Waals surface area contributed by atoms with Gasteiger partial charge in [-0.25, -0.2) is 0 Å². The van der Waals surface area contributed by atoms with Crippen LogP contribution in [-0.4, -0.2) is 40.4 Å². The lowest BCUT2D eigenvalue weighted by atomic mass is 9.97. The number of nitrogens with zero attached hydrogens (tertiary/aromatic N) is 2. The van der Waals surface area contributed by atoms with E-state index in [-0.39, 0.29) is 0 Å². The Labute approximate surface area is 299 Å². The van der Waals surface area contributed by atoms with Crippen molar-refractivity contribution in [3.63, 3.8) is 0 Å². The molecule has 52 heavy (non-hydrogen) atoms. The average molecular weight is 683 g/mol. The second kappa shape index (κ2) is 12.9. The molecule has 2 aliphatic heterocycles. The molecule has 8 heteroatoms. The quantitative estimate of drug-likeness (QED) is 0.110. The number of H-pyrrole nitrogens is 2. The topological polar surface area (TPSA) is 138 Å². The standard InChI is InChI=1S/C44H34N4O4/c49-41-37-33(25-13-5-1-6-14-25)29-21-22-30(45-29)34(26-15-7-2-8-16-26)39-43(51)44(52)40(48-39)36(28-19-11-4-12-20-28)32-24-23-31(46-32)35(38(47-37)42(41)50)27-17-9-3-10-18-27/h1-24,41-46,49-52H/t41-,42+,43+,44-. The highest BCUT2D eigenvalue weighted by Gasteiger charge is 2.36. The van der Waals surface area contributed by atoms with E-state index in [1.54, 1.807) is 0 Å². The van der Waals surface area contributed by atoms with Gasteiger partial charge in [0.25, 0.3) is 0 Å². The van der Waals surface area contributed by atoms with Crippen molar-refractivity contribution in [3.05, 3.63) is 168 Å². The minimum atomic E-state index is -1.34. The molecule has 4 aromatic carbocycles. The van der Waals surface area contributed by atoms with Gasteiger partial charge in [-0.1, -0.05) is 121 Å². The molecular weight excluding hydrogens is 649 g/mol. The predicted molar refractivity (Wildman–Crippen MR) is 203 cm³/mol. The first-order valence-corrected chi connectivity index (χ1v) is 17.2. The van der Waals surface area contributed by atoms with E-state index in [0.29, 0.717) is 67.1 Å². The number of hydrogen-bond donors (Lipinski definition) is 6. The van der Waals surface area contributed by atoms with Crippen molar-refractivity contribution in [3.8, 4) is 44.5 Å². The molecule has 0 radical (unpaired) electrons. The zero-order valence-electron chi connectivity index (χ0n) is 27.8. The molecule has 8 nitrogen and oxygen atoms in total. The van der Waals surface area contributed by atoms with Crippen molar-refractivity contribution in [2.24, 2.45) is 0 Å². The number of rotatable bonds is 4. The summed E-state index contributed by atoms with van der Waals surface area (Å²) in [7, 11) is 0. The molecule has 3 aromatic heterocycles. The molecule has 0 aliphatic carbocycles. The Morgan fingerprint density at radius 2 is 0.519 bits per heavy atom. The Kier molecular flexibility index (Phi) is 7.87. The summed E-state index contributed by atoms with van der Waals surface area (Å²) in [5.41, 5.74) is 9.48. The number of fused-ring (bicyclic) bond motifs is 8. The van der Waals surface area contributed by atoms with Crippen LogP contribution in [0.15, 0.2) is 146 Å². The lowest BCUT2D eigenvalue weighted by Crippen LogP contribution is -2.06. The number of nitrogens with one attached hydrogen (secondary N) is 2. The Balaban J connectivity index is 1.53. The van der Waals surface area contributed by atoms with Crippen LogP contribution < -0.4 is 0 Å². The van der Waals surface area contributed by atoms with Crippen molar-refractivity contribution in [1.29, 1.82) is 0 Å². The van der Waals surface area contributed by atoms with Gasteiger partial charge in [-0.05, 0) is 46.5 Å². The van der Waals surface area contributed by atoms with Crippen LogP contribution in [-0.2, 0) is 0 Å². The first kappa shape index (κ1) is 31.8. The maximum Gasteiger partial charge on any atom is 0.128 e. The summed E-state index contributed by atoms with van der Waals surface area (Å²) < 4.78 is 0. The van der Waals surface area contributed by atoms with Gasteiger partial charge in [0, 0.05) is 44.3 Å². The van der Waals surface area contributed by atoms with Crippen LogP contribution in [0.2, 0.25) is 0 Å². The van der Waals surface area contributed by atoms with Crippen LogP contribution in [0.4, 0.5) is 0 Å². The van der Waals surface area contributed by atoms with E-state index in [4.69, 9.17) is 9.97 Å². The molecule has 0 saturated carbocycles. The van der Waals surface area contributed by atoms with Gasteiger partial charge in [0.15, 0.2) is 0 Å². The van der Waals surface area contributed by atoms with Crippen LogP contribution in [0, 0.1) is 0 Å². The average Bonchev–Trinajstić information content (AvgIpc) is 3.98. The van der Waals surface area contributed by atoms with Crippen LogP contribution >= 0.6 is 0 Å². The monoisotopic (exact) mass is 682 g/mol. The predicted octanol–water partition coefficient (Wildman–Crippen LogP) is 8.52. The molecule has 0 fully saturated rings. The molecule has 0 spiro atoms. The summed E-state index contributed by atoms with van der Waals surface area (Å²) in [4.78, 5) is 17.3. The van der Waals surface area contributed by atoms with Gasteiger partial charge in [-0.15, -0.1) is 0 Å². The first-order valence-electron chi connectivity index (χ1n) is 17.2. The fourth-order valence-electron chi connectivity index (χ4n) is 7.50. The van der Waals surface area contributed by atoms with Crippen LogP contribution in [0.5, 0.6) is 0 Å². The summed E-state index contributed by atoms with van der Waals surface area (Å²) >= 11 is 0. The number of aromatic amines is 2. The van der Waals surface area contributed by atoms with Crippen molar-refractivity contribution >= 4 is 22.1 Å². The van der Waals surface area contributed by atoms with Gasteiger partial charge in [-0.2, -0.15) is 0 Å². The molecule has 0 amide bonds. The number of benzene rings is 4. The van der Waals surface area contributed by atoms with E-state index in [1.807, 2.05) is 146 Å². The van der Waals surface area contributed by atoms with Gasteiger partial charge in [0.05, 0.1) is 22.8 Å². The molecule has 0 unspecified atom stereocenters. The number of aliphatic hydroxyl groups is 4. The summed E-state index contributed by atoms with van der Waals surface area (Å²) in [6.45, 7) is 0. The molecule has 254 valence electrons. The Morgan fingerprint density at radius 3 is 0.731 bits per heavy atom. The normalized spacial score (nSPS) is 18.4. The van der Waals surface area contributed by atoms with Crippen LogP contribution in [0.3, 0.4) is 0 Å². The first-order chi connectivity index (χ1) is 25.5. The molecule has 9 rings (SSSR count). The summed E-state index contributed by atoms with van der Waals surface area (Å²) in [6.07, 6.45) is -5.34. The molecule has 7 aromatic rings. The Morgan fingerprint density at radius 1 is 0.308 bits per heavy atom. The molecule has 4 atom stereocenters. The molecular formula is C44H34N4O4. The summed E-state index contributed by atoms with van der Waals surface area (Å²) in [6, 6.07) is 46.2. The minimum Gasteiger partial charge on any atom is -0.384 e. The van der Waals surface area contributed by atoms with E-state index in [2.05, 4.69) is 9.97 Å². The summed E-state index contributed by atoms with van der Waals surface area (Å²) in [5.74, 6) is 0. The third-order valence-corrected chi connectivity index (χ3v) is 9.92. The van der Waals surface area contributed by atoms with E-state index >= 15 is 0 Å². The highest BCUT2D eigenvalue weighted by Crippen LogP contribution is 2.46. The maximum atomic E-state index is 11.9.